The fourth-order valence-corrected chi connectivity index (χ4v) is 3.02. The monoisotopic (exact) mass is 314 g/mol. The van der Waals surface area contributed by atoms with E-state index in [0.717, 1.165) is 12.8 Å². The number of hydrogen-bond donors (Lipinski definition) is 2. The number of benzene rings is 1. The average Bonchev–Trinajstić information content (AvgIpc) is 2.46. The highest BCUT2D eigenvalue weighted by atomic mass is 32.2. The van der Waals surface area contributed by atoms with E-state index in [9.17, 15) is 8.42 Å². The van der Waals surface area contributed by atoms with Crippen LogP contribution in [0.1, 0.15) is 32.3 Å². The summed E-state index contributed by atoms with van der Waals surface area (Å²) in [6.45, 7) is 4.13. The summed E-state index contributed by atoms with van der Waals surface area (Å²) < 4.78 is 29.9. The Morgan fingerprint density at radius 2 is 2.19 bits per heavy atom. The molecule has 0 aliphatic heterocycles. The van der Waals surface area contributed by atoms with E-state index >= 15 is 0 Å². The highest BCUT2D eigenvalue weighted by molar-refractivity contribution is 7.91. The van der Waals surface area contributed by atoms with Gasteiger partial charge in [-0.15, -0.1) is 0 Å². The summed E-state index contributed by atoms with van der Waals surface area (Å²) in [7, 11) is -3.45. The number of sulfone groups is 1. The molecule has 6 nitrogen and oxygen atoms in total. The van der Waals surface area contributed by atoms with Crippen molar-refractivity contribution in [2.45, 2.75) is 37.7 Å². The Hall–Kier alpha value is -1.60. The summed E-state index contributed by atoms with van der Waals surface area (Å²) in [4.78, 5) is 0.137. The van der Waals surface area contributed by atoms with Crippen LogP contribution >= 0.6 is 0 Å². The van der Waals surface area contributed by atoms with Gasteiger partial charge in [-0.05, 0) is 25.5 Å². The van der Waals surface area contributed by atoms with Gasteiger partial charge in [0.25, 0.3) is 0 Å². The van der Waals surface area contributed by atoms with Crippen molar-refractivity contribution < 1.29 is 18.4 Å². The lowest BCUT2D eigenvalue weighted by molar-refractivity contribution is 0.0711. The fourth-order valence-electron chi connectivity index (χ4n) is 1.87. The van der Waals surface area contributed by atoms with Gasteiger partial charge in [0.2, 0.25) is 0 Å². The Labute approximate surface area is 125 Å². The molecule has 0 spiro atoms. The van der Waals surface area contributed by atoms with Crippen LogP contribution in [-0.4, -0.2) is 37.9 Å². The van der Waals surface area contributed by atoms with Gasteiger partial charge in [-0.1, -0.05) is 30.6 Å². The largest absolute Gasteiger partial charge is 0.409 e. The quantitative estimate of drug-likeness (QED) is 0.329. The minimum Gasteiger partial charge on any atom is -0.409 e. The number of nitrogens with zero attached hydrogens (tertiary/aromatic N) is 1. The van der Waals surface area contributed by atoms with E-state index in [0.29, 0.717) is 5.56 Å². The zero-order valence-corrected chi connectivity index (χ0v) is 13.1. The lowest BCUT2D eigenvalue weighted by Gasteiger charge is -2.12. The second-order valence-electron chi connectivity index (χ2n) is 4.80. The molecule has 7 heteroatoms. The minimum atomic E-state index is -3.45. The first kappa shape index (κ1) is 17.5. The van der Waals surface area contributed by atoms with Gasteiger partial charge in [0.15, 0.2) is 15.7 Å². The normalized spacial score (nSPS) is 14.1. The number of rotatable bonds is 8. The summed E-state index contributed by atoms with van der Waals surface area (Å²) in [5, 5.41) is 11.5. The lowest BCUT2D eigenvalue weighted by atomic mass is 10.2. The van der Waals surface area contributed by atoms with Crippen molar-refractivity contribution in [3.8, 4) is 0 Å². The maximum absolute atomic E-state index is 12.2. The van der Waals surface area contributed by atoms with Crippen LogP contribution in [0.3, 0.4) is 0 Å². The molecule has 3 N–H and O–H groups in total. The van der Waals surface area contributed by atoms with Crippen molar-refractivity contribution in [3.05, 3.63) is 29.8 Å². The highest BCUT2D eigenvalue weighted by Gasteiger charge is 2.16. The van der Waals surface area contributed by atoms with E-state index in [-0.39, 0.29) is 29.2 Å². The third kappa shape index (κ3) is 5.35. The van der Waals surface area contributed by atoms with Crippen LogP contribution in [-0.2, 0) is 14.6 Å². The molecule has 21 heavy (non-hydrogen) atoms. The van der Waals surface area contributed by atoms with E-state index in [4.69, 9.17) is 15.7 Å². The molecular weight excluding hydrogens is 292 g/mol. The molecule has 118 valence electrons. The third-order valence-electron chi connectivity index (χ3n) is 3.05. The average molecular weight is 314 g/mol. The first-order valence-electron chi connectivity index (χ1n) is 6.83. The van der Waals surface area contributed by atoms with Crippen molar-refractivity contribution in [2.24, 2.45) is 10.9 Å². The summed E-state index contributed by atoms with van der Waals surface area (Å²) in [5.74, 6) is -0.222. The second-order valence-corrected chi connectivity index (χ2v) is 6.91. The van der Waals surface area contributed by atoms with Crippen LogP contribution in [0.25, 0.3) is 0 Å². The van der Waals surface area contributed by atoms with Gasteiger partial charge >= 0.3 is 0 Å². The smallest absolute Gasteiger partial charge is 0.180 e. The number of oxime groups is 1. The molecule has 1 unspecified atom stereocenters. The molecule has 0 radical (unpaired) electrons. The van der Waals surface area contributed by atoms with E-state index in [1.165, 1.54) is 12.1 Å². The maximum Gasteiger partial charge on any atom is 0.180 e. The molecule has 1 aromatic rings. The van der Waals surface area contributed by atoms with Crippen molar-refractivity contribution in [3.63, 3.8) is 0 Å². The molecule has 0 aliphatic rings. The lowest BCUT2D eigenvalue weighted by Crippen LogP contribution is -2.18. The molecule has 0 heterocycles. The fraction of sp³-hybridized carbons (Fsp3) is 0.500. The van der Waals surface area contributed by atoms with Crippen LogP contribution in [0.5, 0.6) is 0 Å². The van der Waals surface area contributed by atoms with Gasteiger partial charge in [-0.25, -0.2) is 8.42 Å². The van der Waals surface area contributed by atoms with Gasteiger partial charge in [0, 0.05) is 5.56 Å². The van der Waals surface area contributed by atoms with Crippen molar-refractivity contribution in [2.75, 3.05) is 12.4 Å². The van der Waals surface area contributed by atoms with Gasteiger partial charge < -0.3 is 15.7 Å². The molecule has 0 amide bonds. The van der Waals surface area contributed by atoms with Crippen molar-refractivity contribution in [1.29, 1.82) is 0 Å². The molecule has 0 aromatic heterocycles. The summed E-state index contributed by atoms with van der Waals surface area (Å²) in [5.41, 5.74) is 5.82. The number of nitrogens with two attached hydrogens (primary N) is 1. The van der Waals surface area contributed by atoms with E-state index in [1.807, 2.05) is 6.92 Å². The molecule has 1 aromatic carbocycles. The molecule has 1 atom stereocenters. The Morgan fingerprint density at radius 3 is 2.81 bits per heavy atom. The summed E-state index contributed by atoms with van der Waals surface area (Å²) >= 11 is 0. The zero-order chi connectivity index (χ0) is 15.9. The Bertz CT molecular complexity index is 584. The minimum absolute atomic E-state index is 0.0497. The topological polar surface area (TPSA) is 102 Å². The molecule has 0 bridgehead atoms. The Kier molecular flexibility index (Phi) is 6.64. The standard InChI is InChI=1S/C14H22N2O4S/c1-3-5-11(2)20-8-9-21(18,19)13-7-4-6-12(10-13)14(15)16-17/h4,6-7,10-11,17H,3,5,8-9H2,1-2H3,(H2,15,16). The van der Waals surface area contributed by atoms with Crippen molar-refractivity contribution in [1.82, 2.24) is 0 Å². The molecule has 0 saturated heterocycles. The first-order valence-corrected chi connectivity index (χ1v) is 8.48. The number of amidine groups is 1. The maximum atomic E-state index is 12.2. The van der Waals surface area contributed by atoms with Gasteiger partial charge in [-0.3, -0.25) is 0 Å². The van der Waals surface area contributed by atoms with Crippen LogP contribution in [0.2, 0.25) is 0 Å². The summed E-state index contributed by atoms with van der Waals surface area (Å²) in [6.07, 6.45) is 1.95. The molecule has 1 rings (SSSR count). The van der Waals surface area contributed by atoms with E-state index in [1.54, 1.807) is 12.1 Å². The number of ether oxygens (including phenoxy) is 1. The predicted molar refractivity (Wildman–Crippen MR) is 81.3 cm³/mol. The third-order valence-corrected chi connectivity index (χ3v) is 4.72. The molecule has 0 fully saturated rings. The van der Waals surface area contributed by atoms with Crippen LogP contribution in [0.15, 0.2) is 34.3 Å². The number of hydrogen-bond acceptors (Lipinski definition) is 5. The zero-order valence-electron chi connectivity index (χ0n) is 12.3. The molecule has 0 saturated carbocycles. The van der Waals surface area contributed by atoms with E-state index < -0.39 is 9.84 Å². The molecular formula is C14H22N2O4S. The molecule has 0 aliphatic carbocycles. The van der Waals surface area contributed by atoms with Gasteiger partial charge in [-0.2, -0.15) is 0 Å². The van der Waals surface area contributed by atoms with E-state index in [2.05, 4.69) is 12.1 Å². The van der Waals surface area contributed by atoms with Gasteiger partial charge in [0.1, 0.15) is 0 Å². The first-order chi connectivity index (χ1) is 9.90. The summed E-state index contributed by atoms with van der Waals surface area (Å²) in [6, 6.07) is 6.01. The Balaban J connectivity index is 2.75. The van der Waals surface area contributed by atoms with Crippen LogP contribution < -0.4 is 5.73 Å². The van der Waals surface area contributed by atoms with Crippen LogP contribution in [0.4, 0.5) is 0 Å². The second kappa shape index (κ2) is 7.99. The Morgan fingerprint density at radius 1 is 1.48 bits per heavy atom. The SMILES string of the molecule is CCCC(C)OCCS(=O)(=O)c1cccc(/C(N)=N/O)c1. The predicted octanol–water partition coefficient (Wildman–Crippen LogP) is 1.76. The highest BCUT2D eigenvalue weighted by Crippen LogP contribution is 2.14. The van der Waals surface area contributed by atoms with Gasteiger partial charge in [0.05, 0.1) is 23.4 Å². The van der Waals surface area contributed by atoms with Crippen LogP contribution in [0, 0.1) is 0 Å². The van der Waals surface area contributed by atoms with Crippen molar-refractivity contribution >= 4 is 15.7 Å².